The summed E-state index contributed by atoms with van der Waals surface area (Å²) in [5.41, 5.74) is 1.33. The molecule has 2 aliphatic heterocycles. The normalized spacial score (nSPS) is 18.6. The van der Waals surface area contributed by atoms with Gasteiger partial charge in [-0.15, -0.1) is 0 Å². The number of rotatable bonds is 9. The van der Waals surface area contributed by atoms with Gasteiger partial charge in [-0.3, -0.25) is 19.2 Å². The number of fused-ring (bicyclic) bond motifs is 2. The topological polar surface area (TPSA) is 195 Å². The summed E-state index contributed by atoms with van der Waals surface area (Å²) >= 11 is 5.51. The highest BCUT2D eigenvalue weighted by Gasteiger charge is 2.57. The van der Waals surface area contributed by atoms with E-state index in [1.165, 1.54) is 48.5 Å². The number of carbonyl (C=O) groups is 4. The zero-order chi connectivity index (χ0) is 34.3. The van der Waals surface area contributed by atoms with Crippen LogP contribution in [0.4, 0.5) is 11.4 Å². The minimum Gasteiger partial charge on any atom is -0.483 e. The fraction of sp³-hybridized carbons (Fsp3) is 0.194. The molecule has 13 nitrogen and oxygen atoms in total. The third-order valence-electron chi connectivity index (χ3n) is 7.59. The van der Waals surface area contributed by atoms with Gasteiger partial charge in [0.05, 0.1) is 33.7 Å². The molecule has 3 heterocycles. The molecule has 1 fully saturated rings. The number of anilines is 2. The molecule has 0 saturated carbocycles. The van der Waals surface area contributed by atoms with E-state index >= 15 is 0 Å². The number of thioether (sulfide) groups is 1. The predicted molar refractivity (Wildman–Crippen MR) is 181 cm³/mol. The van der Waals surface area contributed by atoms with Gasteiger partial charge in [0, 0.05) is 26.5 Å². The quantitative estimate of drug-likeness (QED) is 0.166. The van der Waals surface area contributed by atoms with Crippen LogP contribution in [0.15, 0.2) is 85.9 Å². The molecular weight excluding hydrogens is 748 g/mol. The minimum absolute atomic E-state index is 0.112. The Balaban J connectivity index is 1.30. The molecule has 3 atom stereocenters. The van der Waals surface area contributed by atoms with E-state index in [1.54, 1.807) is 25.1 Å². The van der Waals surface area contributed by atoms with Crippen molar-refractivity contribution in [3.63, 3.8) is 0 Å². The number of aromatic amines is 1. The van der Waals surface area contributed by atoms with Crippen molar-refractivity contribution >= 4 is 84.1 Å². The van der Waals surface area contributed by atoms with Crippen molar-refractivity contribution in [1.29, 1.82) is 0 Å². The van der Waals surface area contributed by atoms with Crippen LogP contribution in [0.5, 0.6) is 5.75 Å². The lowest BCUT2D eigenvalue weighted by Crippen LogP contribution is -2.32. The van der Waals surface area contributed by atoms with Gasteiger partial charge in [0.25, 0.3) is 5.91 Å². The van der Waals surface area contributed by atoms with E-state index in [2.05, 4.69) is 26.2 Å². The first kappa shape index (κ1) is 33.6. The SMILES string of the molecule is CCOC(=O)c1ccc(N2C(=O)C3Sc4[nH]c(=O)sc4C(c4cc(Br)ccc4OCC(=O)Nc4ccc(S(N)(=O)=O)cc4)C3C2=O)cc1. The number of amides is 3. The number of H-pyrrole nitrogens is 1. The van der Waals surface area contributed by atoms with E-state index in [9.17, 15) is 32.4 Å². The van der Waals surface area contributed by atoms with Gasteiger partial charge in [-0.2, -0.15) is 0 Å². The number of nitrogens with two attached hydrogens (primary N) is 1. The largest absolute Gasteiger partial charge is 0.483 e. The number of aromatic nitrogens is 1. The van der Waals surface area contributed by atoms with E-state index < -0.39 is 57.4 Å². The number of nitrogens with zero attached hydrogens (tertiary/aromatic N) is 1. The number of halogens is 1. The monoisotopic (exact) mass is 772 g/mol. The van der Waals surface area contributed by atoms with E-state index in [0.717, 1.165) is 28.0 Å². The molecule has 17 heteroatoms. The van der Waals surface area contributed by atoms with Gasteiger partial charge in [0.1, 0.15) is 11.0 Å². The summed E-state index contributed by atoms with van der Waals surface area (Å²) in [7, 11) is -3.90. The number of thiazole rings is 1. The molecule has 4 N–H and O–H groups in total. The van der Waals surface area contributed by atoms with Crippen molar-refractivity contribution in [3.05, 3.63) is 96.9 Å². The molecule has 3 amide bonds. The zero-order valence-electron chi connectivity index (χ0n) is 24.8. The average molecular weight is 774 g/mol. The first-order valence-corrected chi connectivity index (χ1v) is 18.3. The average Bonchev–Trinajstić information content (AvgIpc) is 3.54. The van der Waals surface area contributed by atoms with Crippen molar-refractivity contribution in [2.24, 2.45) is 11.1 Å². The van der Waals surface area contributed by atoms with E-state index in [1.807, 2.05) is 0 Å². The first-order valence-electron chi connectivity index (χ1n) is 14.3. The summed E-state index contributed by atoms with van der Waals surface area (Å²) in [6.07, 6.45) is 0. The molecular formula is C31H25BrN4O9S3. The van der Waals surface area contributed by atoms with Crippen LogP contribution in [0.3, 0.4) is 0 Å². The minimum atomic E-state index is -3.90. The summed E-state index contributed by atoms with van der Waals surface area (Å²) in [5, 5.41) is 7.33. The number of hydrogen-bond acceptors (Lipinski definition) is 11. The lowest BCUT2D eigenvalue weighted by atomic mass is 9.82. The van der Waals surface area contributed by atoms with Gasteiger partial charge >= 0.3 is 10.8 Å². The molecule has 1 saturated heterocycles. The van der Waals surface area contributed by atoms with Gasteiger partial charge in [0.15, 0.2) is 6.61 Å². The Morgan fingerprint density at radius 2 is 1.73 bits per heavy atom. The number of carbonyl (C=O) groups excluding carboxylic acids is 4. The van der Waals surface area contributed by atoms with Crippen molar-refractivity contribution in [1.82, 2.24) is 4.98 Å². The predicted octanol–water partition coefficient (Wildman–Crippen LogP) is 3.84. The summed E-state index contributed by atoms with van der Waals surface area (Å²) in [6, 6.07) is 16.3. The van der Waals surface area contributed by atoms with Crippen LogP contribution in [-0.4, -0.2) is 55.6 Å². The first-order chi connectivity index (χ1) is 22.8. The second-order valence-electron chi connectivity index (χ2n) is 10.6. The molecule has 4 aromatic rings. The molecule has 0 radical (unpaired) electrons. The van der Waals surface area contributed by atoms with Crippen molar-refractivity contribution < 1.29 is 37.1 Å². The lowest BCUT2D eigenvalue weighted by Gasteiger charge is -2.31. The molecule has 3 unspecified atom stereocenters. The van der Waals surface area contributed by atoms with Gasteiger partial charge in [-0.1, -0.05) is 39.0 Å². The number of sulfonamides is 1. The maximum atomic E-state index is 14.2. The van der Waals surface area contributed by atoms with Crippen LogP contribution in [0, 0.1) is 5.92 Å². The Morgan fingerprint density at radius 3 is 2.40 bits per heavy atom. The summed E-state index contributed by atoms with van der Waals surface area (Å²) in [6.45, 7) is 1.43. The molecule has 1 aromatic heterocycles. The third-order valence-corrected chi connectivity index (χ3v) is 11.4. The van der Waals surface area contributed by atoms with Crippen LogP contribution >= 0.6 is 39.0 Å². The number of primary sulfonamides is 1. The van der Waals surface area contributed by atoms with Crippen LogP contribution < -0.4 is 25.0 Å². The van der Waals surface area contributed by atoms with Gasteiger partial charge in [-0.05, 0) is 73.7 Å². The second-order valence-corrected chi connectivity index (χ2v) is 15.3. The molecule has 0 aliphatic carbocycles. The number of esters is 1. The smallest absolute Gasteiger partial charge is 0.338 e. The van der Waals surface area contributed by atoms with Crippen LogP contribution in [0.1, 0.15) is 33.6 Å². The van der Waals surface area contributed by atoms with E-state index in [-0.39, 0.29) is 33.4 Å². The van der Waals surface area contributed by atoms with Gasteiger partial charge < -0.3 is 19.8 Å². The number of nitrogens with one attached hydrogen (secondary N) is 2. The summed E-state index contributed by atoms with van der Waals surface area (Å²) < 4.78 is 34.7. The highest BCUT2D eigenvalue weighted by atomic mass is 79.9. The van der Waals surface area contributed by atoms with E-state index in [0.29, 0.717) is 25.6 Å². The maximum absolute atomic E-state index is 14.2. The van der Waals surface area contributed by atoms with Crippen molar-refractivity contribution in [2.75, 3.05) is 23.4 Å². The molecule has 3 aromatic carbocycles. The number of imide groups is 1. The van der Waals surface area contributed by atoms with Crippen LogP contribution in [0.2, 0.25) is 0 Å². The fourth-order valence-corrected chi connectivity index (χ4v) is 8.93. The Labute approximate surface area is 290 Å². The molecule has 248 valence electrons. The Hall–Kier alpha value is -4.29. The fourth-order valence-electron chi connectivity index (χ4n) is 5.53. The highest BCUT2D eigenvalue weighted by Crippen LogP contribution is 2.54. The Bertz CT molecular complexity index is 2120. The molecule has 0 spiro atoms. The number of benzene rings is 3. The maximum Gasteiger partial charge on any atom is 0.338 e. The Kier molecular flexibility index (Phi) is 9.32. The zero-order valence-corrected chi connectivity index (χ0v) is 28.8. The van der Waals surface area contributed by atoms with Crippen molar-refractivity contribution in [2.45, 2.75) is 28.0 Å². The molecule has 0 bridgehead atoms. The van der Waals surface area contributed by atoms with Crippen LogP contribution in [0.25, 0.3) is 0 Å². The molecule has 2 aliphatic rings. The van der Waals surface area contributed by atoms with Gasteiger partial charge in [-0.25, -0.2) is 23.3 Å². The van der Waals surface area contributed by atoms with Crippen molar-refractivity contribution in [3.8, 4) is 5.75 Å². The van der Waals surface area contributed by atoms with Gasteiger partial charge in [0.2, 0.25) is 21.8 Å². The second kappa shape index (κ2) is 13.3. The summed E-state index contributed by atoms with van der Waals surface area (Å²) in [5.74, 6) is -3.54. The standard InChI is InChI=1S/C31H25BrN4O9S3/c1-2-44-30(40)15-3-8-18(9-4-15)36-28(38)24-23(25-27(35-31(41)47-25)46-26(24)29(36)39)20-13-16(32)5-12-21(20)45-14-22(37)34-17-6-10-19(11-7-17)48(33,42)43/h3-13,23-24,26H,2,14H2,1H3,(H,34,37)(H,35,41)(H2,33,42,43). The lowest BCUT2D eigenvalue weighted by molar-refractivity contribution is -0.122. The molecule has 6 rings (SSSR count). The highest BCUT2D eigenvalue weighted by molar-refractivity contribution is 9.10. The number of hydrogen-bond donors (Lipinski definition) is 3. The molecule has 48 heavy (non-hydrogen) atoms. The van der Waals surface area contributed by atoms with E-state index in [4.69, 9.17) is 14.6 Å². The van der Waals surface area contributed by atoms with Crippen LogP contribution in [-0.2, 0) is 29.1 Å². The third kappa shape index (κ3) is 6.55. The number of ether oxygens (including phenoxy) is 2. The summed E-state index contributed by atoms with van der Waals surface area (Å²) in [4.78, 5) is 69.5. The Morgan fingerprint density at radius 1 is 1.02 bits per heavy atom.